The van der Waals surface area contributed by atoms with E-state index in [2.05, 4.69) is 5.32 Å². The first-order chi connectivity index (χ1) is 14.1. The quantitative estimate of drug-likeness (QED) is 0.413. The molecule has 31 heavy (non-hydrogen) atoms. The summed E-state index contributed by atoms with van der Waals surface area (Å²) in [5.41, 5.74) is 3.40. The predicted octanol–water partition coefficient (Wildman–Crippen LogP) is 5.51. The fourth-order valence-electron chi connectivity index (χ4n) is 3.87. The van der Waals surface area contributed by atoms with Crippen LogP contribution in [-0.4, -0.2) is 29.4 Å². The lowest BCUT2D eigenvalue weighted by Gasteiger charge is -2.26. The number of para-hydroxylation sites is 1. The molecule has 0 fully saturated rings. The molecule has 1 aromatic heterocycles. The summed E-state index contributed by atoms with van der Waals surface area (Å²) in [6.07, 6.45) is 1.17. The van der Waals surface area contributed by atoms with Gasteiger partial charge in [0.2, 0.25) is 0 Å². The van der Waals surface area contributed by atoms with Crippen LogP contribution in [0.3, 0.4) is 0 Å². The topological polar surface area (TPSA) is 37.2 Å². The molecular weight excluding hydrogens is 414 g/mol. The third-order valence-corrected chi connectivity index (χ3v) is 5.16. The van der Waals surface area contributed by atoms with Gasteiger partial charge in [-0.15, -0.1) is 0 Å². The van der Waals surface area contributed by atoms with Gasteiger partial charge >= 0.3 is 0 Å². The summed E-state index contributed by atoms with van der Waals surface area (Å²) in [4.78, 5) is 0. The molecule has 0 aliphatic carbocycles. The maximum absolute atomic E-state index is 14.0. The highest BCUT2D eigenvalue weighted by molar-refractivity contribution is 7.59. The number of likely N-dealkylation sites (N-methyl/N-ethyl adjacent to an activating group) is 1. The van der Waals surface area contributed by atoms with Crippen LogP contribution in [0, 0.1) is 11.6 Å². The molecule has 1 heterocycles. The minimum absolute atomic E-state index is 0. The van der Waals surface area contributed by atoms with Crippen molar-refractivity contribution in [2.45, 2.75) is 19.6 Å². The minimum Gasteiger partial charge on any atom is -0.389 e. The lowest BCUT2D eigenvalue weighted by atomic mass is 10.0. The molecule has 3 aromatic carbocycles. The highest BCUT2D eigenvalue weighted by Gasteiger charge is 2.25. The lowest BCUT2D eigenvalue weighted by molar-refractivity contribution is 0.132. The van der Waals surface area contributed by atoms with Crippen molar-refractivity contribution in [2.75, 3.05) is 13.6 Å². The van der Waals surface area contributed by atoms with Crippen molar-refractivity contribution >= 4 is 24.4 Å². The second-order valence-electron chi connectivity index (χ2n) is 7.10. The van der Waals surface area contributed by atoms with E-state index in [0.29, 0.717) is 12.1 Å². The second-order valence-corrected chi connectivity index (χ2v) is 7.10. The lowest BCUT2D eigenvalue weighted by Crippen LogP contribution is -2.33. The van der Waals surface area contributed by atoms with E-state index in [-0.39, 0.29) is 32.6 Å². The number of benzene rings is 3. The van der Waals surface area contributed by atoms with Crippen molar-refractivity contribution in [3.05, 3.63) is 96.2 Å². The first-order valence-electron chi connectivity index (χ1n) is 9.52. The van der Waals surface area contributed by atoms with E-state index < -0.39 is 12.1 Å². The molecule has 0 bridgehead atoms. The number of fused-ring (bicyclic) bond motifs is 1. The normalized spacial score (nSPS) is 12.6. The summed E-state index contributed by atoms with van der Waals surface area (Å²) in [5, 5.41) is 14.9. The number of nitrogens with one attached hydrogen (secondary N) is 1. The highest BCUT2D eigenvalue weighted by Crippen LogP contribution is 2.35. The van der Waals surface area contributed by atoms with E-state index in [4.69, 9.17) is 0 Å². The molecule has 0 saturated heterocycles. The zero-order valence-corrected chi connectivity index (χ0v) is 17.5. The van der Waals surface area contributed by atoms with Crippen molar-refractivity contribution in [3.63, 3.8) is 0 Å². The number of halogens is 2. The Morgan fingerprint density at radius 3 is 2.32 bits per heavy atom. The van der Waals surface area contributed by atoms with Crippen molar-refractivity contribution in [1.29, 1.82) is 0 Å². The first-order valence-corrected chi connectivity index (χ1v) is 9.52. The summed E-state index contributed by atoms with van der Waals surface area (Å²) in [5.74, 6) is -0.640. The van der Waals surface area contributed by atoms with Crippen LogP contribution in [0.25, 0.3) is 22.0 Å². The molecule has 0 amide bonds. The van der Waals surface area contributed by atoms with Crippen molar-refractivity contribution < 1.29 is 13.9 Å². The van der Waals surface area contributed by atoms with Crippen LogP contribution in [0.2, 0.25) is 0 Å². The van der Waals surface area contributed by atoms with Gasteiger partial charge in [-0.25, -0.2) is 8.78 Å². The number of hydrogen-bond acceptors (Lipinski definition) is 2. The van der Waals surface area contributed by atoms with Gasteiger partial charge in [-0.1, -0.05) is 49.9 Å². The minimum atomic E-state index is -0.779. The zero-order valence-electron chi connectivity index (χ0n) is 16.5. The van der Waals surface area contributed by atoms with Crippen molar-refractivity contribution in [2.24, 2.45) is 0 Å². The van der Waals surface area contributed by atoms with Gasteiger partial charge in [0, 0.05) is 29.2 Å². The standard InChI is InChI=1S/C24H22F2N2O.CH4.H2S/c1-27-14-23(29)24(17-5-4-6-19(26)13-17)28-15-21(16-9-11-18(25)12-10-16)20-7-2-3-8-22(20)28;;/h2-13,15,23-24,27,29H,14H2,1H3;1H4;1H2/t23-,24+;;/m1../s1. The number of aliphatic hydroxyl groups is 1. The average Bonchev–Trinajstić information content (AvgIpc) is 3.09. The fraction of sp³-hybridized carbons (Fsp3) is 0.200. The van der Waals surface area contributed by atoms with Crippen LogP contribution >= 0.6 is 13.5 Å². The van der Waals surface area contributed by atoms with Gasteiger partial charge in [-0.05, 0) is 48.5 Å². The van der Waals surface area contributed by atoms with E-state index in [0.717, 1.165) is 22.0 Å². The van der Waals surface area contributed by atoms with Crippen LogP contribution in [0.4, 0.5) is 8.78 Å². The molecular formula is C25H28F2N2OS. The molecule has 2 atom stereocenters. The maximum atomic E-state index is 14.0. The third-order valence-electron chi connectivity index (χ3n) is 5.16. The van der Waals surface area contributed by atoms with Crippen LogP contribution in [0.5, 0.6) is 0 Å². The molecule has 164 valence electrons. The maximum Gasteiger partial charge on any atom is 0.123 e. The third kappa shape index (κ3) is 4.98. The average molecular weight is 443 g/mol. The number of rotatable bonds is 6. The van der Waals surface area contributed by atoms with Gasteiger partial charge in [0.1, 0.15) is 11.6 Å². The molecule has 0 radical (unpaired) electrons. The molecule has 0 saturated carbocycles. The molecule has 0 spiro atoms. The number of hydrogen-bond donors (Lipinski definition) is 2. The molecule has 4 aromatic rings. The number of aromatic nitrogens is 1. The highest BCUT2D eigenvalue weighted by atomic mass is 32.1. The molecule has 3 nitrogen and oxygen atoms in total. The van der Waals surface area contributed by atoms with Crippen molar-refractivity contribution in [1.82, 2.24) is 9.88 Å². The van der Waals surface area contributed by atoms with E-state index in [1.807, 2.05) is 41.1 Å². The Labute approximate surface area is 188 Å². The summed E-state index contributed by atoms with van der Waals surface area (Å²) >= 11 is 0. The molecule has 0 aliphatic heterocycles. The van der Waals surface area contributed by atoms with Crippen LogP contribution in [0.15, 0.2) is 79.0 Å². The second kappa shape index (κ2) is 10.6. The Bertz CT molecular complexity index is 1130. The van der Waals surface area contributed by atoms with E-state index in [1.165, 1.54) is 24.3 Å². The molecule has 2 N–H and O–H groups in total. The Morgan fingerprint density at radius 1 is 0.935 bits per heavy atom. The monoisotopic (exact) mass is 442 g/mol. The fourth-order valence-corrected chi connectivity index (χ4v) is 3.87. The summed E-state index contributed by atoms with van der Waals surface area (Å²) in [6, 6.07) is 20.0. The number of nitrogens with zero attached hydrogens (tertiary/aromatic N) is 1. The van der Waals surface area contributed by atoms with Crippen LogP contribution in [-0.2, 0) is 0 Å². The summed E-state index contributed by atoms with van der Waals surface area (Å²) < 4.78 is 29.4. The zero-order chi connectivity index (χ0) is 20.4. The van der Waals surface area contributed by atoms with E-state index in [1.54, 1.807) is 25.2 Å². The summed E-state index contributed by atoms with van der Waals surface area (Å²) in [7, 11) is 1.77. The van der Waals surface area contributed by atoms with Crippen LogP contribution in [0.1, 0.15) is 19.0 Å². The molecule has 0 aliphatic rings. The summed E-state index contributed by atoms with van der Waals surface area (Å²) in [6.45, 7) is 0.347. The first kappa shape index (κ1) is 24.6. The van der Waals surface area contributed by atoms with Gasteiger partial charge < -0.3 is 15.0 Å². The molecule has 6 heteroatoms. The Hall–Kier alpha value is -2.67. The Kier molecular flexibility index (Phi) is 8.39. The van der Waals surface area contributed by atoms with Crippen molar-refractivity contribution in [3.8, 4) is 11.1 Å². The largest absolute Gasteiger partial charge is 0.389 e. The Balaban J connectivity index is 0.00000171. The van der Waals surface area contributed by atoms with E-state index in [9.17, 15) is 13.9 Å². The number of aliphatic hydroxyl groups excluding tert-OH is 1. The predicted molar refractivity (Wildman–Crippen MR) is 129 cm³/mol. The van der Waals surface area contributed by atoms with Gasteiger partial charge in [0.05, 0.1) is 12.1 Å². The van der Waals surface area contributed by atoms with Gasteiger partial charge in [-0.2, -0.15) is 13.5 Å². The Morgan fingerprint density at radius 2 is 1.65 bits per heavy atom. The van der Waals surface area contributed by atoms with Crippen LogP contribution < -0.4 is 5.32 Å². The SMILES string of the molecule is C.CNC[C@@H](O)[C@H](c1cccc(F)c1)n1cc(-c2ccc(F)cc2)c2ccccc21.S. The van der Waals surface area contributed by atoms with Gasteiger partial charge in [0.25, 0.3) is 0 Å². The molecule has 4 rings (SSSR count). The van der Waals surface area contributed by atoms with E-state index >= 15 is 0 Å². The van der Waals surface area contributed by atoms with Gasteiger partial charge in [0.15, 0.2) is 0 Å². The van der Waals surface area contributed by atoms with Gasteiger partial charge in [-0.3, -0.25) is 0 Å². The smallest absolute Gasteiger partial charge is 0.123 e. The molecule has 0 unspecified atom stereocenters.